The third-order valence-electron chi connectivity index (χ3n) is 1.39. The fourth-order valence-corrected chi connectivity index (χ4v) is 1.12. The molecule has 0 radical (unpaired) electrons. The first-order valence-electron chi connectivity index (χ1n) is 4.24. The van der Waals surface area contributed by atoms with Gasteiger partial charge in [-0.15, -0.1) is 0 Å². The van der Waals surface area contributed by atoms with E-state index in [1.807, 2.05) is 20.8 Å². The number of ether oxygens (including phenoxy) is 1. The number of hydrogen-bond donors (Lipinski definition) is 0. The van der Waals surface area contributed by atoms with E-state index in [2.05, 4.69) is 16.8 Å². The minimum Gasteiger partial charge on any atom is -0.488 e. The largest absolute Gasteiger partial charge is 0.488 e. The summed E-state index contributed by atoms with van der Waals surface area (Å²) in [6.45, 7) is 5.67. The molecule has 2 nitrogen and oxygen atoms in total. The lowest BCUT2D eigenvalue weighted by molar-refractivity contribution is 0.130. The summed E-state index contributed by atoms with van der Waals surface area (Å²) in [5.41, 5.74) is 0.0474. The van der Waals surface area contributed by atoms with Crippen molar-refractivity contribution in [3.8, 4) is 5.75 Å². The average Bonchev–Trinajstić information content (AvgIpc) is 1.99. The van der Waals surface area contributed by atoms with Crippen molar-refractivity contribution in [2.45, 2.75) is 26.4 Å². The Hall–Kier alpha value is -1.03. The van der Waals surface area contributed by atoms with Gasteiger partial charge in [0.25, 0.3) is 0 Å². The molecular weight excluding hydrogens is 201 g/mol. The Morgan fingerprint density at radius 3 is 2.43 bits per heavy atom. The summed E-state index contributed by atoms with van der Waals surface area (Å²) in [6.07, 6.45) is 0. The third-order valence-corrected chi connectivity index (χ3v) is 1.60. The normalized spacial score (nSPS) is 11.1. The van der Waals surface area contributed by atoms with E-state index in [4.69, 9.17) is 4.74 Å². The molecule has 0 heterocycles. The smallest absolute Gasteiger partial charge is 0.129 e. The van der Waals surface area contributed by atoms with E-state index in [1.165, 1.54) is 12.1 Å². The van der Waals surface area contributed by atoms with Crippen LogP contribution in [0.25, 0.3) is 0 Å². The molecule has 0 spiro atoms. The summed E-state index contributed by atoms with van der Waals surface area (Å²) >= 11 is 4.48. The van der Waals surface area contributed by atoms with Gasteiger partial charge in [-0.25, -0.2) is 4.39 Å². The van der Waals surface area contributed by atoms with Crippen LogP contribution in [0.3, 0.4) is 0 Å². The van der Waals surface area contributed by atoms with E-state index in [0.29, 0.717) is 11.4 Å². The standard InChI is InChI=1S/C10H12FNOS/c1-10(2,3)13-9-5-7(11)4-8(6-9)12-14/h4-6H,1-3H3. The lowest BCUT2D eigenvalue weighted by atomic mass is 10.2. The van der Waals surface area contributed by atoms with E-state index in [-0.39, 0.29) is 5.60 Å². The van der Waals surface area contributed by atoms with E-state index in [1.54, 1.807) is 6.07 Å². The van der Waals surface area contributed by atoms with Crippen LogP contribution in [-0.2, 0) is 12.4 Å². The SMILES string of the molecule is CC(C)(C)Oc1cc(F)cc(N=S)c1. The molecule has 4 heteroatoms. The van der Waals surface area contributed by atoms with Crippen molar-refractivity contribution in [1.82, 2.24) is 0 Å². The molecule has 1 rings (SSSR count). The van der Waals surface area contributed by atoms with Crippen LogP contribution >= 0.6 is 0 Å². The maximum atomic E-state index is 13.0. The molecule has 1 aromatic rings. The van der Waals surface area contributed by atoms with Crippen LogP contribution in [0.2, 0.25) is 0 Å². The van der Waals surface area contributed by atoms with Crippen LogP contribution in [0.4, 0.5) is 10.1 Å². The second-order valence-corrected chi connectivity index (χ2v) is 4.13. The van der Waals surface area contributed by atoms with Crippen LogP contribution in [0, 0.1) is 5.82 Å². The lowest BCUT2D eigenvalue weighted by Gasteiger charge is -2.21. The summed E-state index contributed by atoms with van der Waals surface area (Å²) in [5, 5.41) is 0. The highest BCUT2D eigenvalue weighted by atomic mass is 32.1. The van der Waals surface area contributed by atoms with Gasteiger partial charge in [-0.05, 0) is 20.8 Å². The molecule has 0 unspecified atom stereocenters. The van der Waals surface area contributed by atoms with E-state index in [0.717, 1.165) is 0 Å². The average molecular weight is 213 g/mol. The minimum absolute atomic E-state index is 0.355. The van der Waals surface area contributed by atoms with Gasteiger partial charge in [0.1, 0.15) is 17.2 Å². The van der Waals surface area contributed by atoms with Crippen molar-refractivity contribution in [3.63, 3.8) is 0 Å². The number of rotatable bonds is 2. The molecule has 0 amide bonds. The summed E-state index contributed by atoms with van der Waals surface area (Å²) in [7, 11) is 0. The summed E-state index contributed by atoms with van der Waals surface area (Å²) in [6, 6.07) is 4.19. The molecule has 0 fully saturated rings. The Morgan fingerprint density at radius 2 is 1.93 bits per heavy atom. The molecule has 0 aliphatic rings. The maximum Gasteiger partial charge on any atom is 0.129 e. The van der Waals surface area contributed by atoms with Crippen molar-refractivity contribution in [1.29, 1.82) is 0 Å². The van der Waals surface area contributed by atoms with Gasteiger partial charge in [0.05, 0.1) is 5.69 Å². The quantitative estimate of drug-likeness (QED) is 0.751. The van der Waals surface area contributed by atoms with Gasteiger partial charge in [-0.2, -0.15) is 4.36 Å². The molecule has 0 bridgehead atoms. The predicted molar refractivity (Wildman–Crippen MR) is 56.2 cm³/mol. The van der Waals surface area contributed by atoms with Crippen molar-refractivity contribution in [3.05, 3.63) is 24.0 Å². The second kappa shape index (κ2) is 4.00. The molecular formula is C10H12FNOS. The monoisotopic (exact) mass is 213 g/mol. The molecule has 0 N–H and O–H groups in total. The third kappa shape index (κ3) is 3.38. The maximum absolute atomic E-state index is 13.0. The summed E-state index contributed by atoms with van der Waals surface area (Å²) in [4.78, 5) is 0. The van der Waals surface area contributed by atoms with Crippen LogP contribution in [0.15, 0.2) is 22.6 Å². The zero-order valence-corrected chi connectivity index (χ0v) is 9.19. The van der Waals surface area contributed by atoms with Gasteiger partial charge in [0.15, 0.2) is 0 Å². The summed E-state index contributed by atoms with van der Waals surface area (Å²) in [5.74, 6) is 0.0523. The van der Waals surface area contributed by atoms with Crippen molar-refractivity contribution < 1.29 is 9.13 Å². The Balaban J connectivity index is 2.98. The molecule has 14 heavy (non-hydrogen) atoms. The predicted octanol–water partition coefficient (Wildman–Crippen LogP) is 3.37. The van der Waals surface area contributed by atoms with Gasteiger partial charge in [-0.3, -0.25) is 0 Å². The Kier molecular flexibility index (Phi) is 3.16. The first kappa shape index (κ1) is 11.0. The first-order chi connectivity index (χ1) is 6.40. The highest BCUT2D eigenvalue weighted by Gasteiger charge is 2.12. The van der Waals surface area contributed by atoms with Gasteiger partial charge in [-0.1, -0.05) is 0 Å². The topological polar surface area (TPSA) is 21.6 Å². The second-order valence-electron chi connectivity index (χ2n) is 3.95. The molecule has 0 saturated carbocycles. The molecule has 1 aromatic carbocycles. The fraction of sp³-hybridized carbons (Fsp3) is 0.400. The van der Waals surface area contributed by atoms with Gasteiger partial charge in [0, 0.05) is 30.6 Å². The lowest BCUT2D eigenvalue weighted by Crippen LogP contribution is -2.22. The zero-order chi connectivity index (χ0) is 10.8. The Morgan fingerprint density at radius 1 is 1.29 bits per heavy atom. The molecule has 0 atom stereocenters. The number of halogens is 1. The van der Waals surface area contributed by atoms with Gasteiger partial charge >= 0.3 is 0 Å². The van der Waals surface area contributed by atoms with Crippen LogP contribution in [-0.4, -0.2) is 5.60 Å². The van der Waals surface area contributed by atoms with Crippen LogP contribution in [0.1, 0.15) is 20.8 Å². The number of benzene rings is 1. The minimum atomic E-state index is -0.393. The van der Waals surface area contributed by atoms with Crippen molar-refractivity contribution >= 4 is 18.1 Å². The van der Waals surface area contributed by atoms with Crippen LogP contribution < -0.4 is 4.74 Å². The molecule has 0 aromatic heterocycles. The van der Waals surface area contributed by atoms with E-state index >= 15 is 0 Å². The molecule has 0 aliphatic heterocycles. The van der Waals surface area contributed by atoms with E-state index in [9.17, 15) is 4.39 Å². The fourth-order valence-electron chi connectivity index (χ4n) is 1.01. The van der Waals surface area contributed by atoms with Crippen molar-refractivity contribution in [2.24, 2.45) is 4.36 Å². The van der Waals surface area contributed by atoms with Crippen LogP contribution in [0.5, 0.6) is 5.75 Å². The van der Waals surface area contributed by atoms with Crippen molar-refractivity contribution in [2.75, 3.05) is 0 Å². The zero-order valence-electron chi connectivity index (χ0n) is 8.37. The highest BCUT2D eigenvalue weighted by Crippen LogP contribution is 2.25. The molecule has 0 saturated heterocycles. The highest BCUT2D eigenvalue weighted by molar-refractivity contribution is 7.47. The Bertz CT molecular complexity index is 346. The molecule has 76 valence electrons. The van der Waals surface area contributed by atoms with E-state index < -0.39 is 5.82 Å². The van der Waals surface area contributed by atoms with Gasteiger partial charge < -0.3 is 4.74 Å². The first-order valence-corrected chi connectivity index (χ1v) is 4.60. The Labute approximate surface area is 88.3 Å². The number of nitrogens with zero attached hydrogens (tertiary/aromatic N) is 1. The van der Waals surface area contributed by atoms with Gasteiger partial charge in [0.2, 0.25) is 0 Å². The number of hydrogen-bond acceptors (Lipinski definition) is 3. The molecule has 0 aliphatic carbocycles. The summed E-state index contributed by atoms with van der Waals surface area (Å²) < 4.78 is 22.0.